The lowest BCUT2D eigenvalue weighted by atomic mass is 10.0. The SMILES string of the molecule is COC(=O)[C@H]1C[C@@H](N2CCC[C@@H]2c2cccc(N(C)C)c2)[C@@H](O)C1. The molecule has 1 N–H and O–H groups in total. The summed E-state index contributed by atoms with van der Waals surface area (Å²) in [6.07, 6.45) is 2.98. The van der Waals surface area contributed by atoms with Crippen molar-refractivity contribution in [1.29, 1.82) is 0 Å². The summed E-state index contributed by atoms with van der Waals surface area (Å²) in [6.45, 7) is 0.979. The van der Waals surface area contributed by atoms with E-state index in [9.17, 15) is 9.90 Å². The number of nitrogens with zero attached hydrogens (tertiary/aromatic N) is 2. The zero-order valence-electron chi connectivity index (χ0n) is 14.8. The van der Waals surface area contributed by atoms with Gasteiger partial charge in [0.2, 0.25) is 0 Å². The third-order valence-corrected chi connectivity index (χ3v) is 5.52. The van der Waals surface area contributed by atoms with E-state index in [2.05, 4.69) is 34.1 Å². The average molecular weight is 332 g/mol. The maximum atomic E-state index is 11.8. The number of methoxy groups -OCH3 is 1. The number of hydrogen-bond donors (Lipinski definition) is 1. The van der Waals surface area contributed by atoms with E-state index in [0.29, 0.717) is 18.9 Å². The number of carbonyl (C=O) groups is 1. The largest absolute Gasteiger partial charge is 0.469 e. The van der Waals surface area contributed by atoms with Gasteiger partial charge in [-0.3, -0.25) is 9.69 Å². The number of anilines is 1. The number of likely N-dealkylation sites (tertiary alicyclic amines) is 1. The van der Waals surface area contributed by atoms with Gasteiger partial charge in [0.1, 0.15) is 0 Å². The van der Waals surface area contributed by atoms with Crippen molar-refractivity contribution < 1.29 is 14.6 Å². The summed E-state index contributed by atoms with van der Waals surface area (Å²) in [5.74, 6) is -0.369. The van der Waals surface area contributed by atoms with Gasteiger partial charge in [-0.05, 0) is 49.9 Å². The van der Waals surface area contributed by atoms with Crippen LogP contribution in [0.1, 0.15) is 37.3 Å². The van der Waals surface area contributed by atoms with Crippen LogP contribution in [0.3, 0.4) is 0 Å². The van der Waals surface area contributed by atoms with Crippen molar-refractivity contribution in [2.75, 3.05) is 32.6 Å². The van der Waals surface area contributed by atoms with Gasteiger partial charge in [0.05, 0.1) is 19.1 Å². The van der Waals surface area contributed by atoms with E-state index >= 15 is 0 Å². The molecular weight excluding hydrogens is 304 g/mol. The lowest BCUT2D eigenvalue weighted by molar-refractivity contribution is -0.145. The first kappa shape index (κ1) is 17.2. The van der Waals surface area contributed by atoms with Crippen LogP contribution in [0.5, 0.6) is 0 Å². The molecule has 132 valence electrons. The number of esters is 1. The lowest BCUT2D eigenvalue weighted by Crippen LogP contribution is -2.40. The van der Waals surface area contributed by atoms with Gasteiger partial charge in [0.15, 0.2) is 0 Å². The monoisotopic (exact) mass is 332 g/mol. The Morgan fingerprint density at radius 1 is 1.33 bits per heavy atom. The Bertz CT molecular complexity index is 590. The standard InChI is InChI=1S/C19H28N2O3/c1-20(2)15-7-4-6-13(10-15)16-8-5-9-21(16)17-11-14(12-18(17)22)19(23)24-3/h4,6-7,10,14,16-18,22H,5,8-9,11-12H2,1-3H3/t14-,16+,17+,18-/m0/s1. The molecule has 2 fully saturated rings. The highest BCUT2D eigenvalue weighted by Gasteiger charge is 2.44. The number of carbonyl (C=O) groups excluding carboxylic acids is 1. The molecule has 0 spiro atoms. The van der Waals surface area contributed by atoms with Crippen LogP contribution in [0.15, 0.2) is 24.3 Å². The minimum Gasteiger partial charge on any atom is -0.469 e. The zero-order valence-corrected chi connectivity index (χ0v) is 14.8. The van der Waals surface area contributed by atoms with Crippen molar-refractivity contribution in [2.45, 2.75) is 43.9 Å². The van der Waals surface area contributed by atoms with E-state index in [1.54, 1.807) is 0 Å². The van der Waals surface area contributed by atoms with E-state index in [4.69, 9.17) is 4.74 Å². The van der Waals surface area contributed by atoms with Gasteiger partial charge in [0, 0.05) is 31.9 Å². The van der Waals surface area contributed by atoms with Crippen molar-refractivity contribution >= 4 is 11.7 Å². The Kier molecular flexibility index (Phi) is 5.11. The molecule has 3 rings (SSSR count). The first-order valence-corrected chi connectivity index (χ1v) is 8.80. The van der Waals surface area contributed by atoms with E-state index in [0.717, 1.165) is 19.4 Å². The molecule has 1 saturated carbocycles. The van der Waals surface area contributed by atoms with Gasteiger partial charge in [-0.2, -0.15) is 0 Å². The minimum atomic E-state index is -0.452. The van der Waals surface area contributed by atoms with Crippen molar-refractivity contribution in [3.05, 3.63) is 29.8 Å². The second kappa shape index (κ2) is 7.11. The molecule has 4 atom stereocenters. The quantitative estimate of drug-likeness (QED) is 0.857. The normalized spacial score (nSPS) is 30.5. The smallest absolute Gasteiger partial charge is 0.308 e. The molecule has 1 aromatic rings. The maximum absolute atomic E-state index is 11.8. The Hall–Kier alpha value is -1.59. The summed E-state index contributed by atoms with van der Waals surface area (Å²) >= 11 is 0. The van der Waals surface area contributed by atoms with Crippen LogP contribution in [0.2, 0.25) is 0 Å². The summed E-state index contributed by atoms with van der Waals surface area (Å²) in [5, 5.41) is 10.5. The topological polar surface area (TPSA) is 53.0 Å². The van der Waals surface area contributed by atoms with Crippen LogP contribution in [-0.2, 0) is 9.53 Å². The lowest BCUT2D eigenvalue weighted by Gasteiger charge is -2.33. The summed E-state index contributed by atoms with van der Waals surface area (Å²) in [5.41, 5.74) is 2.49. The average Bonchev–Trinajstić information content (AvgIpc) is 3.20. The van der Waals surface area contributed by atoms with Crippen molar-refractivity contribution in [2.24, 2.45) is 5.92 Å². The molecule has 0 unspecified atom stereocenters. The minimum absolute atomic E-state index is 0.0459. The number of aliphatic hydroxyl groups is 1. The first-order valence-electron chi connectivity index (χ1n) is 8.80. The molecule has 0 aromatic heterocycles. The highest BCUT2D eigenvalue weighted by Crippen LogP contribution is 2.40. The van der Waals surface area contributed by atoms with Crippen molar-refractivity contribution in [3.63, 3.8) is 0 Å². The highest BCUT2D eigenvalue weighted by molar-refractivity contribution is 5.72. The molecular formula is C19H28N2O3. The van der Waals surface area contributed by atoms with Gasteiger partial charge in [0.25, 0.3) is 0 Å². The number of benzene rings is 1. The molecule has 1 aromatic carbocycles. The van der Waals surface area contributed by atoms with Crippen LogP contribution in [0.25, 0.3) is 0 Å². The number of rotatable bonds is 4. The molecule has 1 heterocycles. The first-order chi connectivity index (χ1) is 11.5. The Balaban J connectivity index is 1.78. The maximum Gasteiger partial charge on any atom is 0.308 e. The zero-order chi connectivity index (χ0) is 17.3. The van der Waals surface area contributed by atoms with E-state index < -0.39 is 6.10 Å². The third kappa shape index (κ3) is 3.28. The van der Waals surface area contributed by atoms with Crippen molar-refractivity contribution in [3.8, 4) is 0 Å². The van der Waals surface area contributed by atoms with Crippen LogP contribution < -0.4 is 4.90 Å². The van der Waals surface area contributed by atoms with E-state index in [1.165, 1.54) is 18.4 Å². The molecule has 5 nitrogen and oxygen atoms in total. The summed E-state index contributed by atoms with van der Waals surface area (Å²) in [6, 6.07) is 8.99. The van der Waals surface area contributed by atoms with Gasteiger partial charge in [-0.1, -0.05) is 12.1 Å². The molecule has 2 aliphatic rings. The van der Waals surface area contributed by atoms with Gasteiger partial charge in [-0.15, -0.1) is 0 Å². The summed E-state index contributed by atoms with van der Waals surface area (Å²) in [7, 11) is 5.52. The summed E-state index contributed by atoms with van der Waals surface area (Å²) in [4.78, 5) is 16.4. The molecule has 5 heteroatoms. The van der Waals surface area contributed by atoms with Crippen LogP contribution in [0.4, 0.5) is 5.69 Å². The fourth-order valence-corrected chi connectivity index (χ4v) is 4.26. The van der Waals surface area contributed by atoms with Gasteiger partial charge in [-0.25, -0.2) is 0 Å². The number of hydrogen-bond acceptors (Lipinski definition) is 5. The van der Waals surface area contributed by atoms with Gasteiger partial charge >= 0.3 is 5.97 Å². The summed E-state index contributed by atoms with van der Waals surface area (Å²) < 4.78 is 4.87. The van der Waals surface area contributed by atoms with Crippen LogP contribution in [-0.4, -0.2) is 55.9 Å². The van der Waals surface area contributed by atoms with Crippen LogP contribution >= 0.6 is 0 Å². The van der Waals surface area contributed by atoms with Crippen molar-refractivity contribution in [1.82, 2.24) is 4.90 Å². The van der Waals surface area contributed by atoms with E-state index in [-0.39, 0.29) is 17.9 Å². The second-order valence-corrected chi connectivity index (χ2v) is 7.21. The fourth-order valence-electron chi connectivity index (χ4n) is 4.26. The Morgan fingerprint density at radius 3 is 2.83 bits per heavy atom. The third-order valence-electron chi connectivity index (χ3n) is 5.52. The second-order valence-electron chi connectivity index (χ2n) is 7.21. The molecule has 1 saturated heterocycles. The fraction of sp³-hybridized carbons (Fsp3) is 0.632. The number of ether oxygens (including phenoxy) is 1. The molecule has 0 amide bonds. The molecule has 0 bridgehead atoms. The predicted octanol–water partition coefficient (Wildman–Crippen LogP) is 2.20. The number of aliphatic hydroxyl groups excluding tert-OH is 1. The molecule has 1 aliphatic carbocycles. The Morgan fingerprint density at radius 2 is 2.12 bits per heavy atom. The molecule has 1 aliphatic heterocycles. The molecule has 0 radical (unpaired) electrons. The van der Waals surface area contributed by atoms with Crippen LogP contribution in [0, 0.1) is 5.92 Å². The highest BCUT2D eigenvalue weighted by atomic mass is 16.5. The van der Waals surface area contributed by atoms with E-state index in [1.807, 2.05) is 14.1 Å². The molecule has 24 heavy (non-hydrogen) atoms. The predicted molar refractivity (Wildman–Crippen MR) is 94.0 cm³/mol. The Labute approximate surface area is 144 Å². The van der Waals surface area contributed by atoms with Gasteiger partial charge < -0.3 is 14.7 Å².